The van der Waals surface area contributed by atoms with Crippen molar-refractivity contribution in [2.75, 3.05) is 6.79 Å². The van der Waals surface area contributed by atoms with Crippen molar-refractivity contribution in [3.8, 4) is 11.5 Å². The van der Waals surface area contributed by atoms with Crippen LogP contribution in [-0.2, 0) is 4.79 Å². The molecule has 4 unspecified atom stereocenters. The van der Waals surface area contributed by atoms with Crippen LogP contribution >= 0.6 is 11.6 Å². The number of hydrazine groups is 1. The van der Waals surface area contributed by atoms with Crippen molar-refractivity contribution in [2.24, 2.45) is 11.8 Å². The Balaban J connectivity index is 1.48. The van der Waals surface area contributed by atoms with Crippen molar-refractivity contribution in [3.05, 3.63) is 58.6 Å². The first kappa shape index (κ1) is 17.5. The van der Waals surface area contributed by atoms with Gasteiger partial charge in [0.2, 0.25) is 12.7 Å². The maximum Gasteiger partial charge on any atom is 0.231 e. The lowest BCUT2D eigenvalue weighted by molar-refractivity contribution is -0.125. The average molecular weight is 400 g/mol. The fraction of sp³-hybridized carbons (Fsp3) is 0.300. The second-order valence-corrected chi connectivity index (χ2v) is 7.62. The van der Waals surface area contributed by atoms with Crippen LogP contribution in [0, 0.1) is 11.8 Å². The number of hydrogen-bond acceptors (Lipinski definition) is 6. The van der Waals surface area contributed by atoms with Crippen LogP contribution in [0.1, 0.15) is 28.4 Å². The summed E-state index contributed by atoms with van der Waals surface area (Å²) < 4.78 is 10.7. The molecule has 5 rings (SSSR count). The first-order chi connectivity index (χ1) is 13.6. The highest BCUT2D eigenvalue weighted by atomic mass is 35.5. The smallest absolute Gasteiger partial charge is 0.231 e. The number of nitrogens with one attached hydrogen (secondary N) is 3. The predicted molar refractivity (Wildman–Crippen MR) is 101 cm³/mol. The van der Waals surface area contributed by atoms with Gasteiger partial charge in [-0.2, -0.15) is 0 Å². The Morgan fingerprint density at radius 1 is 1.04 bits per heavy atom. The number of benzene rings is 2. The Hall–Kier alpha value is -2.61. The van der Waals surface area contributed by atoms with Gasteiger partial charge in [-0.25, -0.2) is 10.9 Å². The minimum atomic E-state index is -0.470. The molecule has 1 amide bonds. The van der Waals surface area contributed by atoms with Crippen molar-refractivity contribution < 1.29 is 19.1 Å². The van der Waals surface area contributed by atoms with Crippen LogP contribution in [0.25, 0.3) is 0 Å². The largest absolute Gasteiger partial charge is 0.454 e. The van der Waals surface area contributed by atoms with E-state index in [2.05, 4.69) is 16.2 Å². The third-order valence-corrected chi connectivity index (χ3v) is 5.83. The first-order valence-corrected chi connectivity index (χ1v) is 9.48. The molecule has 2 aromatic rings. The molecule has 3 aliphatic rings. The van der Waals surface area contributed by atoms with Crippen molar-refractivity contribution >= 4 is 23.3 Å². The molecule has 2 aromatic carbocycles. The van der Waals surface area contributed by atoms with E-state index in [1.165, 1.54) is 0 Å². The molecule has 0 radical (unpaired) electrons. The van der Waals surface area contributed by atoms with E-state index >= 15 is 0 Å². The number of hydrogen-bond donors (Lipinski definition) is 3. The Bertz CT molecular complexity index is 949. The normalized spacial score (nSPS) is 28.0. The van der Waals surface area contributed by atoms with Gasteiger partial charge in [0.25, 0.3) is 0 Å². The standard InChI is InChI=1S/C20H18ClN3O4/c21-12-4-1-10(2-5-12)18-17-13(8-16(25)22-20(17)24-23-18)19(26)11-3-6-14-15(7-11)28-9-27-14/h1-7,13,17-18,20,23-24H,8-9H2,(H,22,25). The van der Waals surface area contributed by atoms with E-state index in [1.807, 2.05) is 24.3 Å². The van der Waals surface area contributed by atoms with E-state index in [-0.39, 0.29) is 43.0 Å². The lowest BCUT2D eigenvalue weighted by Crippen LogP contribution is -2.54. The third-order valence-electron chi connectivity index (χ3n) is 5.57. The molecule has 7 nitrogen and oxygen atoms in total. The van der Waals surface area contributed by atoms with E-state index in [0.717, 1.165) is 5.56 Å². The van der Waals surface area contributed by atoms with Crippen molar-refractivity contribution in [1.82, 2.24) is 16.2 Å². The van der Waals surface area contributed by atoms with E-state index in [1.54, 1.807) is 18.2 Å². The molecule has 8 heteroatoms. The van der Waals surface area contributed by atoms with E-state index in [0.29, 0.717) is 22.1 Å². The number of halogens is 1. The van der Waals surface area contributed by atoms with Crippen LogP contribution in [-0.4, -0.2) is 24.6 Å². The Kier molecular flexibility index (Phi) is 4.23. The summed E-state index contributed by atoms with van der Waals surface area (Å²) in [4.78, 5) is 25.6. The zero-order valence-corrected chi connectivity index (χ0v) is 15.5. The fourth-order valence-electron chi connectivity index (χ4n) is 4.24. The molecule has 2 saturated heterocycles. The molecule has 0 saturated carbocycles. The van der Waals surface area contributed by atoms with Crippen LogP contribution in [0.3, 0.4) is 0 Å². The van der Waals surface area contributed by atoms with Crippen LogP contribution in [0.4, 0.5) is 0 Å². The van der Waals surface area contributed by atoms with Crippen LogP contribution in [0.2, 0.25) is 5.02 Å². The molecule has 4 atom stereocenters. The van der Waals surface area contributed by atoms with Crippen LogP contribution in [0.5, 0.6) is 11.5 Å². The number of carbonyl (C=O) groups excluding carboxylic acids is 2. The molecule has 0 bridgehead atoms. The summed E-state index contributed by atoms with van der Waals surface area (Å²) in [6.07, 6.45) is -0.188. The molecular weight excluding hydrogens is 382 g/mol. The highest BCUT2D eigenvalue weighted by molar-refractivity contribution is 6.30. The maximum absolute atomic E-state index is 13.4. The van der Waals surface area contributed by atoms with Crippen molar-refractivity contribution in [1.29, 1.82) is 0 Å². The monoisotopic (exact) mass is 399 g/mol. The second kappa shape index (κ2) is 6.77. The van der Waals surface area contributed by atoms with Crippen LogP contribution < -0.4 is 25.6 Å². The Morgan fingerprint density at radius 3 is 2.64 bits per heavy atom. The Morgan fingerprint density at radius 2 is 1.82 bits per heavy atom. The maximum atomic E-state index is 13.4. The highest BCUT2D eigenvalue weighted by Crippen LogP contribution is 2.40. The molecule has 144 valence electrons. The summed E-state index contributed by atoms with van der Waals surface area (Å²) in [5, 5.41) is 3.58. The summed E-state index contributed by atoms with van der Waals surface area (Å²) in [7, 11) is 0. The van der Waals surface area contributed by atoms with Gasteiger partial charge in [0.1, 0.15) is 0 Å². The third kappa shape index (κ3) is 2.92. The molecule has 0 spiro atoms. The van der Waals surface area contributed by atoms with Gasteiger partial charge >= 0.3 is 0 Å². The van der Waals surface area contributed by atoms with Gasteiger partial charge in [0.05, 0.1) is 12.2 Å². The fourth-order valence-corrected chi connectivity index (χ4v) is 4.36. The van der Waals surface area contributed by atoms with Crippen LogP contribution in [0.15, 0.2) is 42.5 Å². The van der Waals surface area contributed by atoms with Gasteiger partial charge in [-0.1, -0.05) is 23.7 Å². The first-order valence-electron chi connectivity index (χ1n) is 9.10. The SMILES string of the molecule is O=C1CC(C(=O)c2ccc3c(c2)OCO3)C2C(NNC2c2ccc(Cl)cc2)N1. The average Bonchev–Trinajstić information content (AvgIpc) is 3.33. The van der Waals surface area contributed by atoms with Gasteiger partial charge in [-0.3, -0.25) is 9.59 Å². The van der Waals surface area contributed by atoms with Gasteiger partial charge in [-0.05, 0) is 35.9 Å². The summed E-state index contributed by atoms with van der Waals surface area (Å²) in [5.41, 5.74) is 7.87. The highest BCUT2D eigenvalue weighted by Gasteiger charge is 2.49. The number of ether oxygens (including phenoxy) is 2. The zero-order valence-electron chi connectivity index (χ0n) is 14.8. The van der Waals surface area contributed by atoms with E-state index in [9.17, 15) is 9.59 Å². The van der Waals surface area contributed by atoms with E-state index < -0.39 is 5.92 Å². The minimum absolute atomic E-state index is 0.0763. The number of ketones is 1. The topological polar surface area (TPSA) is 88.7 Å². The van der Waals surface area contributed by atoms with Gasteiger partial charge in [-0.15, -0.1) is 0 Å². The minimum Gasteiger partial charge on any atom is -0.454 e. The van der Waals surface area contributed by atoms with Gasteiger partial charge < -0.3 is 14.8 Å². The number of carbonyl (C=O) groups is 2. The zero-order chi connectivity index (χ0) is 19.3. The number of Topliss-reactive ketones (excluding diaryl/α,β-unsaturated/α-hetero) is 1. The molecule has 3 heterocycles. The second-order valence-electron chi connectivity index (χ2n) is 7.18. The number of amides is 1. The molecule has 3 N–H and O–H groups in total. The molecule has 0 aromatic heterocycles. The summed E-state index contributed by atoms with van der Waals surface area (Å²) in [5.74, 6) is 0.344. The van der Waals surface area contributed by atoms with Gasteiger partial charge in [0, 0.05) is 28.8 Å². The van der Waals surface area contributed by atoms with Crippen molar-refractivity contribution in [2.45, 2.75) is 18.6 Å². The lowest BCUT2D eigenvalue weighted by atomic mass is 9.74. The van der Waals surface area contributed by atoms with Crippen molar-refractivity contribution in [3.63, 3.8) is 0 Å². The lowest BCUT2D eigenvalue weighted by Gasteiger charge is -2.35. The number of piperidine rings is 1. The molecule has 2 fully saturated rings. The number of rotatable bonds is 3. The van der Waals surface area contributed by atoms with E-state index in [4.69, 9.17) is 21.1 Å². The van der Waals surface area contributed by atoms with Gasteiger partial charge in [0.15, 0.2) is 17.3 Å². The molecular formula is C20H18ClN3O4. The predicted octanol–water partition coefficient (Wildman–Crippen LogP) is 2.18. The Labute approximate surface area is 166 Å². The molecule has 28 heavy (non-hydrogen) atoms. The quantitative estimate of drug-likeness (QED) is 0.686. The molecule has 0 aliphatic carbocycles. The number of fused-ring (bicyclic) bond motifs is 2. The molecule has 3 aliphatic heterocycles. The summed E-state index contributed by atoms with van der Waals surface area (Å²) >= 11 is 6.01. The summed E-state index contributed by atoms with van der Waals surface area (Å²) in [6.45, 7) is 0.149. The summed E-state index contributed by atoms with van der Waals surface area (Å²) in [6, 6.07) is 12.5.